The van der Waals surface area contributed by atoms with Gasteiger partial charge in [0.1, 0.15) is 18.2 Å². The third-order valence-corrected chi connectivity index (χ3v) is 5.08. The van der Waals surface area contributed by atoms with Crippen molar-refractivity contribution in [1.29, 1.82) is 0 Å². The molecule has 0 spiro atoms. The lowest BCUT2D eigenvalue weighted by molar-refractivity contribution is -0.117. The Morgan fingerprint density at radius 2 is 1.87 bits per heavy atom. The van der Waals surface area contributed by atoms with Crippen molar-refractivity contribution in [2.24, 2.45) is 0 Å². The predicted octanol–water partition coefficient (Wildman–Crippen LogP) is 3.14. The number of aromatic carboxylic acids is 1. The van der Waals surface area contributed by atoms with E-state index in [-0.39, 0.29) is 32.9 Å². The Morgan fingerprint density at radius 3 is 2.61 bits per heavy atom. The summed E-state index contributed by atoms with van der Waals surface area (Å²) in [6.45, 7) is -0.562. The first kappa shape index (κ1) is 20.3. The zero-order valence-corrected chi connectivity index (χ0v) is 16.3. The van der Waals surface area contributed by atoms with Gasteiger partial charge in [0, 0.05) is 16.3 Å². The smallest absolute Gasteiger partial charge is 0.357 e. The maximum atomic E-state index is 13.9. The predicted molar refractivity (Wildman–Crippen MR) is 109 cm³/mol. The van der Waals surface area contributed by atoms with Crippen molar-refractivity contribution in [2.75, 3.05) is 5.32 Å². The number of amides is 1. The molecular formula is C20H12F2N4O4S. The van der Waals surface area contributed by atoms with Gasteiger partial charge in [-0.15, -0.1) is 11.3 Å². The summed E-state index contributed by atoms with van der Waals surface area (Å²) < 4.78 is 28.0. The fourth-order valence-corrected chi connectivity index (χ4v) is 3.67. The fraction of sp³-hybridized carbons (Fsp3) is 0.0500. The zero-order valence-electron chi connectivity index (χ0n) is 15.5. The third kappa shape index (κ3) is 4.03. The average Bonchev–Trinajstić information content (AvgIpc) is 3.19. The number of carbonyl (C=O) groups excluding carboxylic acids is 1. The number of nitrogens with zero attached hydrogens (tertiary/aromatic N) is 3. The van der Waals surface area contributed by atoms with Crippen molar-refractivity contribution in [1.82, 2.24) is 14.8 Å². The van der Waals surface area contributed by atoms with Crippen molar-refractivity contribution in [3.8, 4) is 11.3 Å². The average molecular weight is 442 g/mol. The van der Waals surface area contributed by atoms with Crippen molar-refractivity contribution in [3.63, 3.8) is 0 Å². The van der Waals surface area contributed by atoms with E-state index in [1.165, 1.54) is 17.5 Å². The van der Waals surface area contributed by atoms with Gasteiger partial charge in [-0.05, 0) is 24.3 Å². The Labute approximate surface area is 176 Å². The van der Waals surface area contributed by atoms with Gasteiger partial charge in [-0.25, -0.2) is 23.2 Å². The van der Waals surface area contributed by atoms with Crippen molar-refractivity contribution in [2.45, 2.75) is 6.54 Å². The number of nitrogens with one attached hydrogen (secondary N) is 1. The topological polar surface area (TPSA) is 114 Å². The van der Waals surface area contributed by atoms with Gasteiger partial charge in [0.15, 0.2) is 10.8 Å². The number of carbonyl (C=O) groups is 2. The lowest BCUT2D eigenvalue weighted by Crippen LogP contribution is -2.31. The van der Waals surface area contributed by atoms with Gasteiger partial charge in [-0.2, -0.15) is 5.10 Å². The van der Waals surface area contributed by atoms with Gasteiger partial charge >= 0.3 is 5.97 Å². The maximum absolute atomic E-state index is 13.9. The Hall–Kier alpha value is -3.99. The van der Waals surface area contributed by atoms with E-state index in [1.54, 1.807) is 12.1 Å². The minimum atomic E-state index is -1.34. The largest absolute Gasteiger partial charge is 0.476 e. The van der Waals surface area contributed by atoms with E-state index >= 15 is 0 Å². The van der Waals surface area contributed by atoms with E-state index < -0.39 is 35.6 Å². The van der Waals surface area contributed by atoms with Crippen molar-refractivity contribution in [3.05, 3.63) is 75.5 Å². The molecule has 0 fully saturated rings. The van der Waals surface area contributed by atoms with E-state index in [2.05, 4.69) is 15.4 Å². The van der Waals surface area contributed by atoms with E-state index in [4.69, 9.17) is 0 Å². The van der Waals surface area contributed by atoms with E-state index in [0.717, 1.165) is 34.2 Å². The summed E-state index contributed by atoms with van der Waals surface area (Å²) in [5, 5.41) is 17.4. The SMILES string of the molecule is O=C(Cn1nc(C(=O)O)c2ccccc2c1=O)Nc1nc(-c2cc(F)ccc2F)cs1. The maximum Gasteiger partial charge on any atom is 0.357 e. The number of thiazole rings is 1. The molecule has 0 aliphatic heterocycles. The van der Waals surface area contributed by atoms with Crippen LogP contribution in [0.2, 0.25) is 0 Å². The highest BCUT2D eigenvalue weighted by atomic mass is 32.1. The number of fused-ring (bicyclic) bond motifs is 1. The van der Waals surface area contributed by atoms with Crippen LogP contribution in [0.15, 0.2) is 52.6 Å². The molecule has 0 aliphatic rings. The highest BCUT2D eigenvalue weighted by Crippen LogP contribution is 2.27. The second-order valence-electron chi connectivity index (χ2n) is 6.37. The van der Waals surface area contributed by atoms with Crippen molar-refractivity contribution >= 4 is 39.1 Å². The summed E-state index contributed by atoms with van der Waals surface area (Å²) in [6, 6.07) is 8.99. The minimum absolute atomic E-state index is 0.0599. The van der Waals surface area contributed by atoms with E-state index in [9.17, 15) is 28.3 Å². The zero-order chi connectivity index (χ0) is 22.1. The molecule has 0 saturated carbocycles. The summed E-state index contributed by atoms with van der Waals surface area (Å²) in [5.41, 5.74) is -0.916. The Morgan fingerprint density at radius 1 is 1.13 bits per heavy atom. The number of carboxylic acid groups (broad SMARTS) is 1. The number of hydrogen-bond donors (Lipinski definition) is 2. The quantitative estimate of drug-likeness (QED) is 0.491. The molecule has 8 nitrogen and oxygen atoms in total. The first-order valence-electron chi connectivity index (χ1n) is 8.77. The lowest BCUT2D eigenvalue weighted by atomic mass is 10.1. The Balaban J connectivity index is 1.59. The molecule has 2 heterocycles. The number of anilines is 1. The summed E-state index contributed by atoms with van der Waals surface area (Å²) in [7, 11) is 0. The summed E-state index contributed by atoms with van der Waals surface area (Å²) in [4.78, 5) is 40.5. The monoisotopic (exact) mass is 442 g/mol. The molecule has 2 aromatic heterocycles. The molecule has 31 heavy (non-hydrogen) atoms. The minimum Gasteiger partial charge on any atom is -0.476 e. The van der Waals surface area contributed by atoms with Crippen LogP contribution in [0.3, 0.4) is 0 Å². The third-order valence-electron chi connectivity index (χ3n) is 4.32. The van der Waals surface area contributed by atoms with Crippen LogP contribution < -0.4 is 10.9 Å². The molecule has 4 rings (SSSR count). The van der Waals surface area contributed by atoms with Crippen LogP contribution in [0.1, 0.15) is 10.5 Å². The number of aromatic nitrogens is 3. The van der Waals surface area contributed by atoms with Crippen LogP contribution in [0.5, 0.6) is 0 Å². The normalized spacial score (nSPS) is 10.9. The molecule has 2 N–H and O–H groups in total. The summed E-state index contributed by atoms with van der Waals surface area (Å²) in [5.74, 6) is -3.34. The molecule has 0 atom stereocenters. The molecule has 0 bridgehead atoms. The van der Waals surface area contributed by atoms with Gasteiger partial charge in [0.05, 0.1) is 11.1 Å². The fourth-order valence-electron chi connectivity index (χ4n) is 2.94. The molecule has 1 amide bonds. The highest BCUT2D eigenvalue weighted by molar-refractivity contribution is 7.14. The molecule has 0 aliphatic carbocycles. The lowest BCUT2D eigenvalue weighted by Gasteiger charge is -2.08. The first-order valence-corrected chi connectivity index (χ1v) is 9.65. The summed E-state index contributed by atoms with van der Waals surface area (Å²) in [6.07, 6.45) is 0. The summed E-state index contributed by atoms with van der Waals surface area (Å²) >= 11 is 0.979. The Kier molecular flexibility index (Phi) is 5.26. The molecular weight excluding hydrogens is 430 g/mol. The van der Waals surface area contributed by atoms with Crippen LogP contribution in [0.25, 0.3) is 22.0 Å². The molecule has 0 radical (unpaired) electrons. The molecule has 0 saturated heterocycles. The molecule has 2 aromatic carbocycles. The van der Waals surface area contributed by atoms with Gasteiger partial charge in [0.2, 0.25) is 5.91 Å². The van der Waals surface area contributed by atoms with Crippen LogP contribution >= 0.6 is 11.3 Å². The molecule has 0 unspecified atom stereocenters. The van der Waals surface area contributed by atoms with Gasteiger partial charge in [0.25, 0.3) is 5.56 Å². The van der Waals surface area contributed by atoms with Gasteiger partial charge < -0.3 is 10.4 Å². The number of benzene rings is 2. The molecule has 156 valence electrons. The standard InChI is InChI=1S/C20H12F2N4O4S/c21-10-5-6-14(22)13(7-10)15-9-31-20(23-15)24-16(27)8-26-18(28)12-4-2-1-3-11(12)17(25-26)19(29)30/h1-7,9H,8H2,(H,29,30)(H,23,24,27). The van der Waals surface area contributed by atoms with Crippen LogP contribution in [0.4, 0.5) is 13.9 Å². The Bertz CT molecular complexity index is 1400. The first-order chi connectivity index (χ1) is 14.8. The second-order valence-corrected chi connectivity index (χ2v) is 7.23. The number of hydrogen-bond acceptors (Lipinski definition) is 6. The van der Waals surface area contributed by atoms with Crippen LogP contribution in [0, 0.1) is 11.6 Å². The number of halogens is 2. The highest BCUT2D eigenvalue weighted by Gasteiger charge is 2.18. The van der Waals surface area contributed by atoms with Crippen LogP contribution in [-0.2, 0) is 11.3 Å². The van der Waals surface area contributed by atoms with Crippen molar-refractivity contribution < 1.29 is 23.5 Å². The molecule has 4 aromatic rings. The van der Waals surface area contributed by atoms with E-state index in [0.29, 0.717) is 0 Å². The van der Waals surface area contributed by atoms with Gasteiger partial charge in [-0.3, -0.25) is 9.59 Å². The number of carboxylic acids is 1. The van der Waals surface area contributed by atoms with Crippen LogP contribution in [-0.4, -0.2) is 31.7 Å². The number of rotatable bonds is 5. The van der Waals surface area contributed by atoms with Gasteiger partial charge in [-0.1, -0.05) is 18.2 Å². The van der Waals surface area contributed by atoms with E-state index in [1.807, 2.05) is 0 Å². The molecule has 11 heteroatoms. The second kappa shape index (κ2) is 8.03.